The van der Waals surface area contributed by atoms with Crippen molar-refractivity contribution in [2.75, 3.05) is 25.2 Å². The lowest BCUT2D eigenvalue weighted by atomic mass is 9.91. The van der Waals surface area contributed by atoms with Crippen molar-refractivity contribution < 1.29 is 4.74 Å². The van der Waals surface area contributed by atoms with E-state index in [-0.39, 0.29) is 0 Å². The number of rotatable bonds is 6. The highest BCUT2D eigenvalue weighted by atomic mass is 32.2. The topological polar surface area (TPSA) is 21.3 Å². The van der Waals surface area contributed by atoms with E-state index < -0.39 is 0 Å². The third-order valence-corrected chi connectivity index (χ3v) is 4.90. The Labute approximate surface area is 121 Å². The first-order valence-electron chi connectivity index (χ1n) is 7.31. The average Bonchev–Trinajstić information content (AvgIpc) is 2.47. The number of benzene rings is 1. The minimum atomic E-state index is 0.476. The van der Waals surface area contributed by atoms with Crippen LogP contribution in [0.3, 0.4) is 0 Å². The van der Waals surface area contributed by atoms with E-state index in [2.05, 4.69) is 48.4 Å². The third-order valence-electron chi connectivity index (χ3n) is 3.85. The molecule has 1 aliphatic heterocycles. The van der Waals surface area contributed by atoms with Crippen molar-refractivity contribution >= 4 is 11.8 Å². The first kappa shape index (κ1) is 14.7. The van der Waals surface area contributed by atoms with Crippen LogP contribution >= 0.6 is 11.8 Å². The fraction of sp³-hybridized carbons (Fsp3) is 0.625. The Morgan fingerprint density at radius 2 is 1.95 bits per heavy atom. The molecule has 0 aromatic heterocycles. The first-order valence-corrected chi connectivity index (χ1v) is 8.46. The molecule has 0 amide bonds. The van der Waals surface area contributed by atoms with E-state index in [1.807, 2.05) is 6.92 Å². The first-order chi connectivity index (χ1) is 9.33. The van der Waals surface area contributed by atoms with Gasteiger partial charge in [-0.1, -0.05) is 12.1 Å². The third kappa shape index (κ3) is 4.43. The molecule has 0 radical (unpaired) electrons. The van der Waals surface area contributed by atoms with Crippen LogP contribution in [0.5, 0.6) is 5.75 Å². The predicted octanol–water partition coefficient (Wildman–Crippen LogP) is 3.88. The molecule has 1 aromatic rings. The number of hydrogen-bond acceptors (Lipinski definition) is 3. The van der Waals surface area contributed by atoms with E-state index >= 15 is 0 Å². The normalized spacial score (nSPS) is 18.2. The fourth-order valence-electron chi connectivity index (χ4n) is 2.70. The Morgan fingerprint density at radius 1 is 1.26 bits per heavy atom. The molecule has 1 aromatic carbocycles. The maximum atomic E-state index is 5.50. The molecule has 1 fully saturated rings. The van der Waals surface area contributed by atoms with Gasteiger partial charge in [-0.25, -0.2) is 0 Å². The zero-order valence-electron chi connectivity index (χ0n) is 12.0. The molecule has 0 bridgehead atoms. The standard InChI is InChI=1S/C16H25NOS/c1-3-18-15-6-4-14(5-7-15)16(17-2)12-13-8-10-19-11-9-13/h4-7,13,16-17H,3,8-12H2,1-2H3. The van der Waals surface area contributed by atoms with Gasteiger partial charge >= 0.3 is 0 Å². The molecule has 3 heteroatoms. The Bertz CT molecular complexity index is 360. The summed E-state index contributed by atoms with van der Waals surface area (Å²) in [5.41, 5.74) is 1.38. The van der Waals surface area contributed by atoms with Gasteiger partial charge < -0.3 is 10.1 Å². The molecule has 2 rings (SSSR count). The summed E-state index contributed by atoms with van der Waals surface area (Å²) in [4.78, 5) is 0. The van der Waals surface area contributed by atoms with Crippen molar-refractivity contribution in [1.29, 1.82) is 0 Å². The van der Waals surface area contributed by atoms with Crippen molar-refractivity contribution in [3.63, 3.8) is 0 Å². The summed E-state index contributed by atoms with van der Waals surface area (Å²) < 4.78 is 5.50. The van der Waals surface area contributed by atoms with Gasteiger partial charge in [0.25, 0.3) is 0 Å². The van der Waals surface area contributed by atoms with Gasteiger partial charge in [-0.15, -0.1) is 0 Å². The number of nitrogens with one attached hydrogen (secondary N) is 1. The van der Waals surface area contributed by atoms with Crippen molar-refractivity contribution in [3.8, 4) is 5.75 Å². The van der Waals surface area contributed by atoms with Crippen LogP contribution in [-0.2, 0) is 0 Å². The smallest absolute Gasteiger partial charge is 0.119 e. The van der Waals surface area contributed by atoms with Gasteiger partial charge in [0.2, 0.25) is 0 Å². The Hall–Kier alpha value is -0.670. The largest absolute Gasteiger partial charge is 0.494 e. The van der Waals surface area contributed by atoms with Crippen LogP contribution in [0.1, 0.15) is 37.8 Å². The second-order valence-electron chi connectivity index (χ2n) is 5.13. The van der Waals surface area contributed by atoms with Gasteiger partial charge in [0.1, 0.15) is 5.75 Å². The maximum absolute atomic E-state index is 5.50. The van der Waals surface area contributed by atoms with Crippen LogP contribution in [0.4, 0.5) is 0 Å². The lowest BCUT2D eigenvalue weighted by Crippen LogP contribution is -2.22. The van der Waals surface area contributed by atoms with Crippen LogP contribution in [0, 0.1) is 5.92 Å². The number of hydrogen-bond donors (Lipinski definition) is 1. The highest BCUT2D eigenvalue weighted by molar-refractivity contribution is 7.99. The average molecular weight is 279 g/mol. The summed E-state index contributed by atoms with van der Waals surface area (Å²) in [6.07, 6.45) is 4.00. The van der Waals surface area contributed by atoms with Crippen molar-refractivity contribution in [2.24, 2.45) is 5.92 Å². The van der Waals surface area contributed by atoms with Gasteiger partial charge in [-0.05, 0) is 68.4 Å². The lowest BCUT2D eigenvalue weighted by molar-refractivity contribution is 0.339. The van der Waals surface area contributed by atoms with Gasteiger partial charge in [0.15, 0.2) is 0 Å². The summed E-state index contributed by atoms with van der Waals surface area (Å²) >= 11 is 2.10. The highest BCUT2D eigenvalue weighted by Crippen LogP contribution is 2.31. The quantitative estimate of drug-likeness (QED) is 0.854. The molecule has 0 spiro atoms. The second kappa shape index (κ2) is 7.81. The van der Waals surface area contributed by atoms with E-state index in [4.69, 9.17) is 4.74 Å². The van der Waals surface area contributed by atoms with Crippen LogP contribution in [0.15, 0.2) is 24.3 Å². The molecule has 1 aliphatic rings. The summed E-state index contributed by atoms with van der Waals surface area (Å²) in [7, 11) is 2.07. The lowest BCUT2D eigenvalue weighted by Gasteiger charge is -2.26. The molecular formula is C16H25NOS. The van der Waals surface area contributed by atoms with E-state index in [0.717, 1.165) is 18.3 Å². The second-order valence-corrected chi connectivity index (χ2v) is 6.36. The monoisotopic (exact) mass is 279 g/mol. The molecule has 1 atom stereocenters. The zero-order valence-corrected chi connectivity index (χ0v) is 12.8. The predicted molar refractivity (Wildman–Crippen MR) is 84.1 cm³/mol. The van der Waals surface area contributed by atoms with Crippen LogP contribution in [0.2, 0.25) is 0 Å². The SMILES string of the molecule is CCOc1ccc(C(CC2CCSCC2)NC)cc1. The van der Waals surface area contributed by atoms with Gasteiger partial charge in [0, 0.05) is 6.04 Å². The molecular weight excluding hydrogens is 254 g/mol. The van der Waals surface area contributed by atoms with E-state index in [1.54, 1.807) is 0 Å². The van der Waals surface area contributed by atoms with Crippen molar-refractivity contribution in [1.82, 2.24) is 5.32 Å². The molecule has 1 N–H and O–H groups in total. The molecule has 1 saturated heterocycles. The molecule has 2 nitrogen and oxygen atoms in total. The minimum absolute atomic E-state index is 0.476. The van der Waals surface area contributed by atoms with Gasteiger partial charge in [-0.3, -0.25) is 0 Å². The van der Waals surface area contributed by atoms with Gasteiger partial charge in [-0.2, -0.15) is 11.8 Å². The van der Waals surface area contributed by atoms with Crippen molar-refractivity contribution in [3.05, 3.63) is 29.8 Å². The van der Waals surface area contributed by atoms with E-state index in [0.29, 0.717) is 6.04 Å². The number of ether oxygens (including phenoxy) is 1. The Balaban J connectivity index is 1.95. The van der Waals surface area contributed by atoms with Crippen LogP contribution in [0.25, 0.3) is 0 Å². The minimum Gasteiger partial charge on any atom is -0.494 e. The fourth-order valence-corrected chi connectivity index (χ4v) is 3.90. The molecule has 0 aliphatic carbocycles. The summed E-state index contributed by atoms with van der Waals surface area (Å²) in [5, 5.41) is 3.47. The highest BCUT2D eigenvalue weighted by Gasteiger charge is 2.19. The van der Waals surface area contributed by atoms with Crippen LogP contribution < -0.4 is 10.1 Å². The van der Waals surface area contributed by atoms with Gasteiger partial charge in [0.05, 0.1) is 6.61 Å². The molecule has 19 heavy (non-hydrogen) atoms. The molecule has 1 unspecified atom stereocenters. The van der Waals surface area contributed by atoms with Crippen LogP contribution in [-0.4, -0.2) is 25.2 Å². The molecule has 0 saturated carbocycles. The Kier molecular flexibility index (Phi) is 6.05. The summed E-state index contributed by atoms with van der Waals surface area (Å²) in [6, 6.07) is 9.04. The molecule has 1 heterocycles. The van der Waals surface area contributed by atoms with Crippen molar-refractivity contribution in [2.45, 2.75) is 32.2 Å². The maximum Gasteiger partial charge on any atom is 0.119 e. The Morgan fingerprint density at radius 3 is 2.53 bits per heavy atom. The van der Waals surface area contributed by atoms with E-state index in [1.165, 1.54) is 36.3 Å². The zero-order chi connectivity index (χ0) is 13.5. The summed E-state index contributed by atoms with van der Waals surface area (Å²) in [5.74, 6) is 4.52. The summed E-state index contributed by atoms with van der Waals surface area (Å²) in [6.45, 7) is 2.75. The molecule has 106 valence electrons. The van der Waals surface area contributed by atoms with E-state index in [9.17, 15) is 0 Å². The number of thioether (sulfide) groups is 1.